The number of carbonyl (C=O) groups excluding carboxylic acids is 1. The first kappa shape index (κ1) is 13.6. The Morgan fingerprint density at radius 1 is 1.38 bits per heavy atom. The molecule has 21 heavy (non-hydrogen) atoms. The van der Waals surface area contributed by atoms with Crippen LogP contribution in [0.4, 0.5) is 0 Å². The molecule has 1 aliphatic rings. The van der Waals surface area contributed by atoms with Crippen molar-refractivity contribution < 1.29 is 14.7 Å². The molecule has 0 aliphatic carbocycles. The standard InChI is InChI=1S/C15H17N3O3/c1-10-11(15(20)21)5-4-8-18(10)14(19)12-9-17-7-3-2-6-13(17)16-12/h2-3,6-7,9-11H,4-5,8H2,1H3,(H,20,21)/t10-,11-/m1/s1. The van der Waals surface area contributed by atoms with Crippen LogP contribution in [0.1, 0.15) is 30.3 Å². The minimum absolute atomic E-state index is 0.197. The van der Waals surface area contributed by atoms with Gasteiger partial charge in [0.05, 0.1) is 5.92 Å². The molecule has 1 saturated heterocycles. The summed E-state index contributed by atoms with van der Waals surface area (Å²) in [6.07, 6.45) is 4.85. The highest BCUT2D eigenvalue weighted by molar-refractivity contribution is 5.93. The summed E-state index contributed by atoms with van der Waals surface area (Å²) >= 11 is 0. The molecule has 2 aromatic heterocycles. The summed E-state index contributed by atoms with van der Waals surface area (Å²) in [5.74, 6) is -1.54. The van der Waals surface area contributed by atoms with Gasteiger partial charge in [-0.05, 0) is 31.9 Å². The van der Waals surface area contributed by atoms with Crippen LogP contribution in [-0.4, -0.2) is 43.9 Å². The van der Waals surface area contributed by atoms with Gasteiger partial charge in [0, 0.05) is 25.0 Å². The fourth-order valence-electron chi connectivity index (χ4n) is 2.94. The van der Waals surface area contributed by atoms with Crippen molar-refractivity contribution in [3.63, 3.8) is 0 Å². The first-order valence-electron chi connectivity index (χ1n) is 7.05. The number of imidazole rings is 1. The number of rotatable bonds is 2. The third-order valence-corrected chi connectivity index (χ3v) is 4.15. The Kier molecular flexibility index (Phi) is 3.37. The van der Waals surface area contributed by atoms with Crippen LogP contribution >= 0.6 is 0 Å². The van der Waals surface area contributed by atoms with E-state index in [-0.39, 0.29) is 11.9 Å². The molecule has 0 spiro atoms. The Bertz CT molecular complexity index is 661. The lowest BCUT2D eigenvalue weighted by molar-refractivity contribution is -0.144. The van der Waals surface area contributed by atoms with E-state index in [1.807, 2.05) is 24.4 Å². The largest absolute Gasteiger partial charge is 0.481 e. The van der Waals surface area contributed by atoms with Gasteiger partial charge in [0.15, 0.2) is 0 Å². The molecule has 0 bridgehead atoms. The lowest BCUT2D eigenvalue weighted by Crippen LogP contribution is -2.49. The lowest BCUT2D eigenvalue weighted by atomic mass is 9.90. The molecule has 3 rings (SSSR count). The maximum Gasteiger partial charge on any atom is 0.308 e. The zero-order chi connectivity index (χ0) is 15.0. The highest BCUT2D eigenvalue weighted by atomic mass is 16.4. The van der Waals surface area contributed by atoms with Gasteiger partial charge in [-0.25, -0.2) is 4.98 Å². The molecule has 1 aliphatic heterocycles. The fourth-order valence-corrected chi connectivity index (χ4v) is 2.94. The van der Waals surface area contributed by atoms with Gasteiger partial charge in [-0.1, -0.05) is 6.07 Å². The number of carboxylic acid groups (broad SMARTS) is 1. The van der Waals surface area contributed by atoms with Crippen LogP contribution in [0.5, 0.6) is 0 Å². The van der Waals surface area contributed by atoms with Crippen LogP contribution in [0.25, 0.3) is 5.65 Å². The smallest absolute Gasteiger partial charge is 0.308 e. The van der Waals surface area contributed by atoms with E-state index in [2.05, 4.69) is 4.98 Å². The van der Waals surface area contributed by atoms with E-state index in [0.717, 1.165) is 0 Å². The van der Waals surface area contributed by atoms with Crippen LogP contribution in [-0.2, 0) is 4.79 Å². The number of hydrogen-bond acceptors (Lipinski definition) is 3. The highest BCUT2D eigenvalue weighted by Crippen LogP contribution is 2.25. The van der Waals surface area contributed by atoms with Gasteiger partial charge >= 0.3 is 5.97 Å². The number of pyridine rings is 1. The number of nitrogens with zero attached hydrogens (tertiary/aromatic N) is 3. The summed E-state index contributed by atoms with van der Waals surface area (Å²) in [4.78, 5) is 29.8. The molecule has 6 heteroatoms. The van der Waals surface area contributed by atoms with Crippen LogP contribution in [0.2, 0.25) is 0 Å². The van der Waals surface area contributed by atoms with Crippen molar-refractivity contribution in [1.29, 1.82) is 0 Å². The zero-order valence-electron chi connectivity index (χ0n) is 11.8. The number of aromatic nitrogens is 2. The molecule has 2 aromatic rings. The Hall–Kier alpha value is -2.37. The number of amides is 1. The van der Waals surface area contributed by atoms with E-state index in [4.69, 9.17) is 0 Å². The number of hydrogen-bond donors (Lipinski definition) is 1. The Balaban J connectivity index is 1.88. The van der Waals surface area contributed by atoms with Gasteiger partial charge < -0.3 is 14.4 Å². The van der Waals surface area contributed by atoms with Gasteiger partial charge in [-0.3, -0.25) is 9.59 Å². The summed E-state index contributed by atoms with van der Waals surface area (Å²) in [6.45, 7) is 2.38. The molecule has 1 fully saturated rings. The average Bonchev–Trinajstić information content (AvgIpc) is 2.90. The maximum absolute atomic E-state index is 12.6. The van der Waals surface area contributed by atoms with Gasteiger partial charge in [-0.15, -0.1) is 0 Å². The fraction of sp³-hybridized carbons (Fsp3) is 0.400. The number of aliphatic carboxylic acids is 1. The molecule has 0 aromatic carbocycles. The van der Waals surface area contributed by atoms with Crippen molar-refractivity contribution in [1.82, 2.24) is 14.3 Å². The molecule has 0 radical (unpaired) electrons. The average molecular weight is 287 g/mol. The van der Waals surface area contributed by atoms with Crippen LogP contribution < -0.4 is 0 Å². The third-order valence-electron chi connectivity index (χ3n) is 4.15. The zero-order valence-corrected chi connectivity index (χ0v) is 11.8. The number of carboxylic acids is 1. The van der Waals surface area contributed by atoms with Crippen LogP contribution in [0, 0.1) is 5.92 Å². The number of carbonyl (C=O) groups is 2. The molecule has 6 nitrogen and oxygen atoms in total. The Morgan fingerprint density at radius 3 is 2.90 bits per heavy atom. The van der Waals surface area contributed by atoms with E-state index >= 15 is 0 Å². The summed E-state index contributed by atoms with van der Waals surface area (Å²) < 4.78 is 1.79. The molecule has 0 saturated carbocycles. The topological polar surface area (TPSA) is 74.9 Å². The molecular weight excluding hydrogens is 270 g/mol. The van der Waals surface area contributed by atoms with E-state index in [9.17, 15) is 14.7 Å². The normalized spacial score (nSPS) is 22.4. The van der Waals surface area contributed by atoms with Crippen molar-refractivity contribution in [2.75, 3.05) is 6.54 Å². The van der Waals surface area contributed by atoms with Crippen molar-refractivity contribution >= 4 is 17.5 Å². The monoisotopic (exact) mass is 287 g/mol. The molecule has 1 N–H and O–H groups in total. The minimum atomic E-state index is -0.838. The predicted molar refractivity (Wildman–Crippen MR) is 76.1 cm³/mol. The Morgan fingerprint density at radius 2 is 2.19 bits per heavy atom. The van der Waals surface area contributed by atoms with Crippen molar-refractivity contribution in [3.8, 4) is 0 Å². The van der Waals surface area contributed by atoms with Gasteiger partial charge in [0.1, 0.15) is 11.3 Å². The number of likely N-dealkylation sites (tertiary alicyclic amines) is 1. The van der Waals surface area contributed by atoms with E-state index in [1.54, 1.807) is 22.4 Å². The minimum Gasteiger partial charge on any atom is -0.481 e. The second-order valence-electron chi connectivity index (χ2n) is 5.42. The second-order valence-corrected chi connectivity index (χ2v) is 5.42. The molecule has 110 valence electrons. The van der Waals surface area contributed by atoms with Crippen molar-refractivity contribution in [3.05, 3.63) is 36.3 Å². The highest BCUT2D eigenvalue weighted by Gasteiger charge is 2.36. The number of fused-ring (bicyclic) bond motifs is 1. The van der Waals surface area contributed by atoms with Gasteiger partial charge in [-0.2, -0.15) is 0 Å². The van der Waals surface area contributed by atoms with E-state index in [1.165, 1.54) is 0 Å². The van der Waals surface area contributed by atoms with Crippen molar-refractivity contribution in [2.45, 2.75) is 25.8 Å². The summed E-state index contributed by atoms with van der Waals surface area (Å²) in [7, 11) is 0. The molecule has 2 atom stereocenters. The Labute approximate surface area is 122 Å². The first-order valence-corrected chi connectivity index (χ1v) is 7.05. The summed E-state index contributed by atoms with van der Waals surface area (Å²) in [5, 5.41) is 9.24. The molecule has 3 heterocycles. The number of piperidine rings is 1. The third kappa shape index (κ3) is 2.37. The quantitative estimate of drug-likeness (QED) is 0.911. The lowest BCUT2D eigenvalue weighted by Gasteiger charge is -2.37. The van der Waals surface area contributed by atoms with Crippen LogP contribution in [0.3, 0.4) is 0 Å². The second kappa shape index (κ2) is 5.20. The van der Waals surface area contributed by atoms with Gasteiger partial charge in [0.2, 0.25) is 0 Å². The van der Waals surface area contributed by atoms with Crippen molar-refractivity contribution in [2.24, 2.45) is 5.92 Å². The molecular formula is C15H17N3O3. The van der Waals surface area contributed by atoms with Crippen LogP contribution in [0.15, 0.2) is 30.6 Å². The predicted octanol–water partition coefficient (Wildman–Crippen LogP) is 1.66. The summed E-state index contributed by atoms with van der Waals surface area (Å²) in [5.41, 5.74) is 1.07. The summed E-state index contributed by atoms with van der Waals surface area (Å²) in [6, 6.07) is 5.25. The SMILES string of the molecule is C[C@@H]1[C@H](C(=O)O)CCCN1C(=O)c1cn2ccccc2n1. The molecule has 1 amide bonds. The van der Waals surface area contributed by atoms with E-state index < -0.39 is 11.9 Å². The molecule has 0 unspecified atom stereocenters. The maximum atomic E-state index is 12.6. The van der Waals surface area contributed by atoms with Gasteiger partial charge in [0.25, 0.3) is 5.91 Å². The van der Waals surface area contributed by atoms with E-state index in [0.29, 0.717) is 30.7 Å². The first-order chi connectivity index (χ1) is 10.1.